The normalized spacial score (nSPS) is 16.3. The van der Waals surface area contributed by atoms with Gasteiger partial charge in [-0.05, 0) is 57.0 Å². The van der Waals surface area contributed by atoms with Crippen LogP contribution in [0.5, 0.6) is 0 Å². The molecule has 2 heterocycles. The van der Waals surface area contributed by atoms with Crippen LogP contribution in [0.15, 0.2) is 44.4 Å². The number of aryl methyl sites for hydroxylation is 2. The summed E-state index contributed by atoms with van der Waals surface area (Å²) in [4.78, 5) is 12.8. The van der Waals surface area contributed by atoms with Crippen molar-refractivity contribution in [2.75, 3.05) is 0 Å². The third kappa shape index (κ3) is 2.89. The van der Waals surface area contributed by atoms with Gasteiger partial charge in [0.2, 0.25) is 10.0 Å². The maximum absolute atomic E-state index is 12.6. The van der Waals surface area contributed by atoms with E-state index in [-0.39, 0.29) is 16.1 Å². The highest BCUT2D eigenvalue weighted by molar-refractivity contribution is 7.89. The fourth-order valence-corrected chi connectivity index (χ4v) is 4.59. The largest absolute Gasteiger partial charge is 0.464 e. The molecule has 0 saturated heterocycles. The van der Waals surface area contributed by atoms with Crippen LogP contribution in [-0.2, 0) is 23.6 Å². The molecule has 0 bridgehead atoms. The van der Waals surface area contributed by atoms with Crippen LogP contribution in [0, 0.1) is 6.92 Å². The lowest BCUT2D eigenvalue weighted by Gasteiger charge is -2.12. The molecule has 1 aromatic carbocycles. The van der Waals surface area contributed by atoms with Crippen molar-refractivity contribution in [1.82, 2.24) is 13.9 Å². The van der Waals surface area contributed by atoms with Crippen molar-refractivity contribution in [2.24, 2.45) is 7.05 Å². The topological polar surface area (TPSA) is 86.2 Å². The first-order valence-electron chi connectivity index (χ1n) is 8.47. The molecule has 7 nitrogen and oxygen atoms in total. The predicted octanol–water partition coefficient (Wildman–Crippen LogP) is 2.12. The number of aromatic nitrogens is 2. The Hall–Kier alpha value is -2.32. The van der Waals surface area contributed by atoms with Crippen LogP contribution in [0.25, 0.3) is 11.0 Å². The number of furan rings is 1. The van der Waals surface area contributed by atoms with E-state index in [1.54, 1.807) is 29.8 Å². The minimum absolute atomic E-state index is 0.166. The smallest absolute Gasteiger partial charge is 0.329 e. The molecular weight excluding hydrogens is 354 g/mol. The lowest BCUT2D eigenvalue weighted by molar-refractivity contribution is 0.468. The van der Waals surface area contributed by atoms with E-state index >= 15 is 0 Å². The van der Waals surface area contributed by atoms with Gasteiger partial charge in [0.1, 0.15) is 11.5 Å². The van der Waals surface area contributed by atoms with Gasteiger partial charge in [-0.2, -0.15) is 0 Å². The highest BCUT2D eigenvalue weighted by Gasteiger charge is 2.41. The molecule has 8 heteroatoms. The van der Waals surface area contributed by atoms with E-state index in [1.165, 1.54) is 4.57 Å². The van der Waals surface area contributed by atoms with Gasteiger partial charge < -0.3 is 4.42 Å². The number of nitrogens with zero attached hydrogens (tertiary/aromatic N) is 2. The van der Waals surface area contributed by atoms with Gasteiger partial charge in [-0.3, -0.25) is 9.13 Å². The number of sulfonamides is 1. The molecule has 1 aliphatic rings. The Balaban J connectivity index is 1.77. The maximum Gasteiger partial charge on any atom is 0.329 e. The monoisotopic (exact) mass is 375 g/mol. The Morgan fingerprint density at radius 1 is 1.19 bits per heavy atom. The summed E-state index contributed by atoms with van der Waals surface area (Å²) in [6.45, 7) is 4.03. The summed E-state index contributed by atoms with van der Waals surface area (Å²) in [5.74, 6) is 1.46. The third-order valence-corrected chi connectivity index (χ3v) is 6.55. The number of nitrogens with one attached hydrogen (secondary N) is 1. The zero-order valence-electron chi connectivity index (χ0n) is 14.9. The quantitative estimate of drug-likeness (QED) is 0.740. The molecule has 0 amide bonds. The van der Waals surface area contributed by atoms with Crippen LogP contribution in [0.1, 0.15) is 31.3 Å². The Morgan fingerprint density at radius 3 is 2.54 bits per heavy atom. The third-order valence-electron chi connectivity index (χ3n) is 4.92. The summed E-state index contributed by atoms with van der Waals surface area (Å²) in [7, 11) is -1.98. The number of hydrogen-bond donors (Lipinski definition) is 1. The predicted molar refractivity (Wildman–Crippen MR) is 97.7 cm³/mol. The van der Waals surface area contributed by atoms with E-state index in [4.69, 9.17) is 4.42 Å². The van der Waals surface area contributed by atoms with Gasteiger partial charge in [0, 0.05) is 12.6 Å². The van der Waals surface area contributed by atoms with Crippen molar-refractivity contribution in [3.05, 3.63) is 52.3 Å². The van der Waals surface area contributed by atoms with E-state index < -0.39 is 10.0 Å². The van der Waals surface area contributed by atoms with Crippen molar-refractivity contribution in [1.29, 1.82) is 0 Å². The lowest BCUT2D eigenvalue weighted by Crippen LogP contribution is -2.34. The van der Waals surface area contributed by atoms with Crippen molar-refractivity contribution in [3.63, 3.8) is 0 Å². The molecule has 4 rings (SSSR count). The Labute approximate surface area is 151 Å². The summed E-state index contributed by atoms with van der Waals surface area (Å²) in [6, 6.07) is 8.45. The summed E-state index contributed by atoms with van der Waals surface area (Å²) in [5.41, 5.74) is 0.680. The molecule has 1 aliphatic carbocycles. The van der Waals surface area contributed by atoms with E-state index in [0.29, 0.717) is 23.3 Å². The second kappa shape index (κ2) is 5.59. The SMILES string of the molecule is Cc1ccc(Cn2c(=O)n(C)c3cc(S(=O)(=O)NC4(C)CC4)ccc32)o1. The number of hydrogen-bond acceptors (Lipinski definition) is 4. The molecule has 3 aromatic rings. The van der Waals surface area contributed by atoms with Gasteiger partial charge in [-0.25, -0.2) is 17.9 Å². The number of benzene rings is 1. The van der Waals surface area contributed by atoms with Crippen molar-refractivity contribution in [2.45, 2.75) is 43.7 Å². The van der Waals surface area contributed by atoms with Crippen molar-refractivity contribution >= 4 is 21.1 Å². The molecule has 26 heavy (non-hydrogen) atoms. The molecule has 0 aliphatic heterocycles. The van der Waals surface area contributed by atoms with Crippen molar-refractivity contribution < 1.29 is 12.8 Å². The van der Waals surface area contributed by atoms with E-state index in [1.807, 2.05) is 26.0 Å². The molecule has 0 spiro atoms. The highest BCUT2D eigenvalue weighted by Crippen LogP contribution is 2.36. The Kier molecular flexibility index (Phi) is 3.68. The molecule has 0 radical (unpaired) electrons. The van der Waals surface area contributed by atoms with Gasteiger partial charge in [0.05, 0.1) is 22.5 Å². The second-order valence-corrected chi connectivity index (χ2v) is 8.94. The fraction of sp³-hybridized carbons (Fsp3) is 0.389. The first-order chi connectivity index (χ1) is 12.2. The summed E-state index contributed by atoms with van der Waals surface area (Å²) >= 11 is 0. The zero-order chi connectivity index (χ0) is 18.7. The van der Waals surface area contributed by atoms with E-state index in [9.17, 15) is 13.2 Å². The van der Waals surface area contributed by atoms with Crippen LogP contribution in [0.4, 0.5) is 0 Å². The molecular formula is C18H21N3O4S. The van der Waals surface area contributed by atoms with Gasteiger partial charge in [-0.1, -0.05) is 0 Å². The molecule has 2 aromatic heterocycles. The van der Waals surface area contributed by atoms with Crippen molar-refractivity contribution in [3.8, 4) is 0 Å². The maximum atomic E-state index is 12.6. The van der Waals surface area contributed by atoms with Gasteiger partial charge in [0.15, 0.2) is 0 Å². The Morgan fingerprint density at radius 2 is 1.92 bits per heavy atom. The lowest BCUT2D eigenvalue weighted by atomic mass is 10.3. The molecule has 1 N–H and O–H groups in total. The van der Waals surface area contributed by atoms with E-state index in [2.05, 4.69) is 4.72 Å². The van der Waals surface area contributed by atoms with E-state index in [0.717, 1.165) is 18.6 Å². The minimum atomic E-state index is -3.62. The second-order valence-electron chi connectivity index (χ2n) is 7.26. The molecule has 138 valence electrons. The minimum Gasteiger partial charge on any atom is -0.464 e. The number of rotatable bonds is 5. The molecule has 0 atom stereocenters. The van der Waals surface area contributed by atoms with Crippen LogP contribution in [0.2, 0.25) is 0 Å². The standard InChI is InChI=1S/C18H21N3O4S/c1-12-4-5-13(25-12)11-21-15-7-6-14(10-16(15)20(3)17(21)22)26(23,24)19-18(2)8-9-18/h4-7,10,19H,8-9,11H2,1-3H3. The average molecular weight is 375 g/mol. The van der Waals surface area contributed by atoms with Crippen LogP contribution in [0.3, 0.4) is 0 Å². The van der Waals surface area contributed by atoms with Gasteiger partial charge in [0.25, 0.3) is 0 Å². The molecule has 0 unspecified atom stereocenters. The average Bonchev–Trinajstić information content (AvgIpc) is 3.06. The summed E-state index contributed by atoms with van der Waals surface area (Å²) in [6.07, 6.45) is 1.68. The first kappa shape index (κ1) is 17.1. The molecule has 1 saturated carbocycles. The fourth-order valence-electron chi connectivity index (χ4n) is 3.11. The summed E-state index contributed by atoms with van der Waals surface area (Å²) < 4.78 is 36.6. The van der Waals surface area contributed by atoms with Crippen LogP contribution >= 0.6 is 0 Å². The van der Waals surface area contributed by atoms with Crippen LogP contribution < -0.4 is 10.4 Å². The molecule has 1 fully saturated rings. The van der Waals surface area contributed by atoms with Gasteiger partial charge >= 0.3 is 5.69 Å². The zero-order valence-corrected chi connectivity index (χ0v) is 15.8. The highest BCUT2D eigenvalue weighted by atomic mass is 32.2. The first-order valence-corrected chi connectivity index (χ1v) is 9.95. The summed E-state index contributed by atoms with van der Waals surface area (Å²) in [5, 5.41) is 0. The number of fused-ring (bicyclic) bond motifs is 1. The van der Waals surface area contributed by atoms with Gasteiger partial charge in [-0.15, -0.1) is 0 Å². The number of imidazole rings is 1. The van der Waals surface area contributed by atoms with Crippen LogP contribution in [-0.4, -0.2) is 23.1 Å². The Bertz CT molecular complexity index is 1160.